The van der Waals surface area contributed by atoms with E-state index in [0.717, 1.165) is 17.1 Å². The molecule has 0 aromatic heterocycles. The van der Waals surface area contributed by atoms with Gasteiger partial charge in [0.25, 0.3) is 0 Å². The number of methoxy groups -OCH3 is 2. The molecule has 1 unspecified atom stereocenters. The Labute approximate surface area is 172 Å². The molecule has 0 bridgehead atoms. The molecule has 0 amide bonds. The van der Waals surface area contributed by atoms with Crippen LogP contribution in [0.1, 0.15) is 17.2 Å². The highest BCUT2D eigenvalue weighted by atomic mass is 19.1. The van der Waals surface area contributed by atoms with E-state index >= 15 is 0 Å². The molecule has 1 N–H and O–H groups in total. The van der Waals surface area contributed by atoms with E-state index < -0.39 is 0 Å². The first kappa shape index (κ1) is 22.5. The van der Waals surface area contributed by atoms with E-state index in [1.165, 1.54) is 12.1 Å². The minimum absolute atomic E-state index is 0.103. The molecule has 6 nitrogen and oxygen atoms in total. The van der Waals surface area contributed by atoms with Gasteiger partial charge < -0.3 is 24.6 Å². The number of likely N-dealkylation sites (N-methyl/N-ethyl adjacent to an activating group) is 1. The summed E-state index contributed by atoms with van der Waals surface area (Å²) in [6, 6.07) is 12.6. The van der Waals surface area contributed by atoms with Crippen molar-refractivity contribution in [3.63, 3.8) is 0 Å². The van der Waals surface area contributed by atoms with Crippen LogP contribution in [0.4, 0.5) is 4.39 Å². The molecule has 0 saturated carbocycles. The molecule has 0 heterocycles. The Hall–Kier alpha value is -2.80. The fraction of sp³-hybridized carbons (Fsp3) is 0.409. The maximum Gasteiger partial charge on any atom is 0.193 e. The van der Waals surface area contributed by atoms with Gasteiger partial charge in [-0.3, -0.25) is 4.99 Å². The summed E-state index contributed by atoms with van der Waals surface area (Å²) in [5, 5.41) is 3.43. The Morgan fingerprint density at radius 1 is 1.03 bits per heavy atom. The maximum atomic E-state index is 13.1. The van der Waals surface area contributed by atoms with Crippen molar-refractivity contribution in [2.24, 2.45) is 4.99 Å². The van der Waals surface area contributed by atoms with Crippen LogP contribution in [0.2, 0.25) is 0 Å². The number of aliphatic imine (C=N–C) groups is 1. The Bertz CT molecular complexity index is 809. The second kappa shape index (κ2) is 10.7. The summed E-state index contributed by atoms with van der Waals surface area (Å²) in [7, 11) is 11.0. The smallest absolute Gasteiger partial charge is 0.193 e. The molecule has 2 rings (SSSR count). The summed E-state index contributed by atoms with van der Waals surface area (Å²) in [6.45, 7) is 1.28. The topological polar surface area (TPSA) is 49.3 Å². The van der Waals surface area contributed by atoms with Crippen molar-refractivity contribution in [1.29, 1.82) is 0 Å². The zero-order valence-electron chi connectivity index (χ0n) is 18.1. The van der Waals surface area contributed by atoms with Crippen LogP contribution in [0.25, 0.3) is 0 Å². The number of nitrogens with one attached hydrogen (secondary N) is 1. The van der Waals surface area contributed by atoms with Crippen molar-refractivity contribution in [1.82, 2.24) is 15.1 Å². The van der Waals surface area contributed by atoms with Crippen molar-refractivity contribution in [3.05, 3.63) is 59.4 Å². The summed E-state index contributed by atoms with van der Waals surface area (Å²) in [6.07, 6.45) is 0. The van der Waals surface area contributed by atoms with Gasteiger partial charge in [0.05, 0.1) is 20.3 Å². The number of guanidine groups is 1. The molecule has 0 fully saturated rings. The monoisotopic (exact) mass is 402 g/mol. The Balaban J connectivity index is 2.09. The molecule has 0 aliphatic rings. The van der Waals surface area contributed by atoms with Crippen LogP contribution in [-0.2, 0) is 6.54 Å². The summed E-state index contributed by atoms with van der Waals surface area (Å²) in [4.78, 5) is 8.53. The number of halogens is 1. The van der Waals surface area contributed by atoms with Crippen LogP contribution in [0.3, 0.4) is 0 Å². The van der Waals surface area contributed by atoms with Crippen molar-refractivity contribution < 1.29 is 13.9 Å². The molecular weight excluding hydrogens is 371 g/mol. The Kier molecular flexibility index (Phi) is 8.27. The van der Waals surface area contributed by atoms with Crippen LogP contribution >= 0.6 is 0 Å². The molecule has 7 heteroatoms. The first-order valence-corrected chi connectivity index (χ1v) is 9.44. The molecule has 29 heavy (non-hydrogen) atoms. The third-order valence-corrected chi connectivity index (χ3v) is 4.78. The first-order valence-electron chi connectivity index (χ1n) is 9.44. The zero-order chi connectivity index (χ0) is 21.4. The zero-order valence-corrected chi connectivity index (χ0v) is 18.1. The highest BCUT2D eigenvalue weighted by molar-refractivity contribution is 5.79. The minimum atomic E-state index is -0.234. The molecule has 1 atom stereocenters. The van der Waals surface area contributed by atoms with Gasteiger partial charge in [0.15, 0.2) is 17.5 Å². The first-order chi connectivity index (χ1) is 13.9. The summed E-state index contributed by atoms with van der Waals surface area (Å²) in [5.41, 5.74) is 2.12. The van der Waals surface area contributed by atoms with Gasteiger partial charge in [0.2, 0.25) is 0 Å². The quantitative estimate of drug-likeness (QED) is 0.543. The number of ether oxygens (including phenoxy) is 2. The highest BCUT2D eigenvalue weighted by Crippen LogP contribution is 2.31. The lowest BCUT2D eigenvalue weighted by Gasteiger charge is -2.29. The average molecular weight is 403 g/mol. The standard InChI is InChI=1S/C22H31FN4O2/c1-24-22(27(4)15-16-7-10-18(23)11-8-16)25-14-19(26(2)3)17-9-12-20(28-5)21(13-17)29-6/h7-13,19H,14-15H2,1-6H3,(H,24,25). The second-order valence-corrected chi connectivity index (χ2v) is 7.00. The SMILES string of the molecule is CN=C(NCC(c1ccc(OC)c(OC)c1)N(C)C)N(C)Cc1ccc(F)cc1. The van der Waals surface area contributed by atoms with Crippen LogP contribution in [0.15, 0.2) is 47.5 Å². The van der Waals surface area contributed by atoms with Gasteiger partial charge in [0.1, 0.15) is 5.82 Å². The largest absolute Gasteiger partial charge is 0.493 e. The predicted octanol–water partition coefficient (Wildman–Crippen LogP) is 3.15. The molecular formula is C22H31FN4O2. The summed E-state index contributed by atoms with van der Waals surface area (Å²) in [5.74, 6) is 1.94. The maximum absolute atomic E-state index is 13.1. The number of rotatable bonds is 8. The van der Waals surface area contributed by atoms with Gasteiger partial charge in [-0.15, -0.1) is 0 Å². The van der Waals surface area contributed by atoms with Crippen LogP contribution in [0.5, 0.6) is 11.5 Å². The third kappa shape index (κ3) is 6.09. The van der Waals surface area contributed by atoms with Gasteiger partial charge in [-0.25, -0.2) is 4.39 Å². The van der Waals surface area contributed by atoms with E-state index in [2.05, 4.69) is 15.2 Å². The van der Waals surface area contributed by atoms with E-state index in [1.807, 2.05) is 44.2 Å². The van der Waals surface area contributed by atoms with Crippen molar-refractivity contribution in [3.8, 4) is 11.5 Å². The molecule has 158 valence electrons. The fourth-order valence-corrected chi connectivity index (χ4v) is 3.17. The van der Waals surface area contributed by atoms with Gasteiger partial charge in [0, 0.05) is 27.2 Å². The van der Waals surface area contributed by atoms with Gasteiger partial charge in [-0.05, 0) is 49.5 Å². The fourth-order valence-electron chi connectivity index (χ4n) is 3.17. The Morgan fingerprint density at radius 3 is 2.24 bits per heavy atom. The number of nitrogens with zero attached hydrogens (tertiary/aromatic N) is 3. The third-order valence-electron chi connectivity index (χ3n) is 4.78. The number of benzene rings is 2. The van der Waals surface area contributed by atoms with Crippen molar-refractivity contribution >= 4 is 5.96 Å². The molecule has 2 aromatic carbocycles. The van der Waals surface area contributed by atoms with Crippen LogP contribution in [0, 0.1) is 5.82 Å². The van der Waals surface area contributed by atoms with E-state index in [9.17, 15) is 4.39 Å². The summed E-state index contributed by atoms with van der Waals surface area (Å²) >= 11 is 0. The molecule has 0 spiro atoms. The molecule has 0 aliphatic carbocycles. The lowest BCUT2D eigenvalue weighted by molar-refractivity contribution is 0.293. The van der Waals surface area contributed by atoms with E-state index in [-0.39, 0.29) is 11.9 Å². The molecule has 0 radical (unpaired) electrons. The molecule has 0 aliphatic heterocycles. The van der Waals surface area contributed by atoms with Crippen LogP contribution in [-0.4, -0.2) is 64.7 Å². The van der Waals surface area contributed by atoms with E-state index in [0.29, 0.717) is 24.6 Å². The van der Waals surface area contributed by atoms with Gasteiger partial charge in [-0.2, -0.15) is 0 Å². The highest BCUT2D eigenvalue weighted by Gasteiger charge is 2.18. The Morgan fingerprint density at radius 2 is 1.69 bits per heavy atom. The number of hydrogen-bond donors (Lipinski definition) is 1. The van der Waals surface area contributed by atoms with Crippen molar-refractivity contribution in [2.75, 3.05) is 49.0 Å². The lowest BCUT2D eigenvalue weighted by atomic mass is 10.1. The lowest BCUT2D eigenvalue weighted by Crippen LogP contribution is -2.42. The second-order valence-electron chi connectivity index (χ2n) is 7.00. The van der Waals surface area contributed by atoms with E-state index in [1.54, 1.807) is 33.4 Å². The normalized spacial score (nSPS) is 12.6. The summed E-state index contributed by atoms with van der Waals surface area (Å²) < 4.78 is 23.9. The van der Waals surface area contributed by atoms with Crippen LogP contribution < -0.4 is 14.8 Å². The number of hydrogen-bond acceptors (Lipinski definition) is 4. The predicted molar refractivity (Wildman–Crippen MR) is 115 cm³/mol. The van der Waals surface area contributed by atoms with E-state index in [4.69, 9.17) is 9.47 Å². The van der Waals surface area contributed by atoms with Gasteiger partial charge in [-0.1, -0.05) is 18.2 Å². The van der Waals surface area contributed by atoms with Crippen molar-refractivity contribution in [2.45, 2.75) is 12.6 Å². The molecule has 0 saturated heterocycles. The molecule has 2 aromatic rings. The average Bonchev–Trinajstić information content (AvgIpc) is 2.72. The van der Waals surface area contributed by atoms with Gasteiger partial charge >= 0.3 is 0 Å². The minimum Gasteiger partial charge on any atom is -0.493 e.